The number of para-hydroxylation sites is 1. The number of hydrogen-bond donors (Lipinski definition) is 0. The molecule has 1 amide bonds. The zero-order valence-corrected chi connectivity index (χ0v) is 15.4. The number of hydroxylamine groups is 1. The van der Waals surface area contributed by atoms with Gasteiger partial charge in [-0.05, 0) is 41.3 Å². The summed E-state index contributed by atoms with van der Waals surface area (Å²) < 4.78 is 13.6. The maximum atomic E-state index is 13.6. The average molecular weight is 384 g/mol. The van der Waals surface area contributed by atoms with Crippen molar-refractivity contribution in [2.45, 2.75) is 6.17 Å². The Hall–Kier alpha value is -3.86. The van der Waals surface area contributed by atoms with Crippen molar-refractivity contribution < 1.29 is 14.0 Å². The van der Waals surface area contributed by atoms with E-state index in [1.807, 2.05) is 72.8 Å². The topological polar surface area (TPSA) is 32.8 Å². The molecular formula is C24H17FN2O2. The summed E-state index contributed by atoms with van der Waals surface area (Å²) in [5, 5.41) is 3.53. The summed E-state index contributed by atoms with van der Waals surface area (Å²) in [4.78, 5) is 20.3. The third-order valence-electron chi connectivity index (χ3n) is 5.04. The van der Waals surface area contributed by atoms with E-state index >= 15 is 0 Å². The standard InChI is InChI=1S/C24H17FN2O2/c25-19-15-13-18(14-16-19)23-26(22-12-6-8-17-7-4-5-11-21(17)22)24(28)29-27(23)20-9-2-1-3-10-20/h1-16,23H/t23-/m0/s1. The molecule has 1 aliphatic rings. The van der Waals surface area contributed by atoms with Crippen LogP contribution in [0.2, 0.25) is 0 Å². The van der Waals surface area contributed by atoms with Crippen molar-refractivity contribution >= 4 is 28.2 Å². The number of halogens is 1. The number of rotatable bonds is 3. The Kier molecular flexibility index (Phi) is 4.13. The first-order valence-electron chi connectivity index (χ1n) is 9.31. The molecule has 1 fully saturated rings. The van der Waals surface area contributed by atoms with Crippen molar-refractivity contribution in [1.29, 1.82) is 0 Å². The normalized spacial score (nSPS) is 16.3. The van der Waals surface area contributed by atoms with Gasteiger partial charge in [-0.2, -0.15) is 5.06 Å². The van der Waals surface area contributed by atoms with E-state index in [4.69, 9.17) is 4.84 Å². The molecule has 0 aromatic heterocycles. The van der Waals surface area contributed by atoms with E-state index in [2.05, 4.69) is 0 Å². The van der Waals surface area contributed by atoms with Gasteiger partial charge in [0.2, 0.25) is 0 Å². The third kappa shape index (κ3) is 2.97. The molecule has 1 atom stereocenters. The molecule has 0 saturated carbocycles. The van der Waals surface area contributed by atoms with Gasteiger partial charge in [0.25, 0.3) is 0 Å². The molecule has 0 bridgehead atoms. The molecule has 1 saturated heterocycles. The first-order chi connectivity index (χ1) is 14.2. The fourth-order valence-electron chi connectivity index (χ4n) is 3.72. The van der Waals surface area contributed by atoms with E-state index in [1.54, 1.807) is 22.1 Å². The third-order valence-corrected chi connectivity index (χ3v) is 5.04. The number of benzene rings is 4. The van der Waals surface area contributed by atoms with Gasteiger partial charge in [0.1, 0.15) is 5.82 Å². The average Bonchev–Trinajstić information content (AvgIpc) is 3.11. The molecule has 0 radical (unpaired) electrons. The Bertz CT molecular complexity index is 1170. The highest BCUT2D eigenvalue weighted by molar-refractivity contribution is 6.03. The van der Waals surface area contributed by atoms with Crippen molar-refractivity contribution in [3.05, 3.63) is 108 Å². The van der Waals surface area contributed by atoms with Crippen molar-refractivity contribution in [1.82, 2.24) is 0 Å². The van der Waals surface area contributed by atoms with Crippen LogP contribution in [0.25, 0.3) is 10.8 Å². The molecule has 142 valence electrons. The summed E-state index contributed by atoms with van der Waals surface area (Å²) in [7, 11) is 0. The molecule has 4 aromatic carbocycles. The van der Waals surface area contributed by atoms with E-state index < -0.39 is 12.3 Å². The molecular weight excluding hydrogens is 367 g/mol. The molecule has 29 heavy (non-hydrogen) atoms. The van der Waals surface area contributed by atoms with Gasteiger partial charge in [-0.15, -0.1) is 0 Å². The van der Waals surface area contributed by atoms with Crippen LogP contribution in [0.3, 0.4) is 0 Å². The molecule has 1 aliphatic heterocycles. The Morgan fingerprint density at radius 2 is 1.45 bits per heavy atom. The van der Waals surface area contributed by atoms with Gasteiger partial charge < -0.3 is 4.84 Å². The van der Waals surface area contributed by atoms with Gasteiger partial charge in [-0.25, -0.2) is 14.1 Å². The molecule has 1 heterocycles. The Balaban J connectivity index is 1.70. The molecule has 0 spiro atoms. The van der Waals surface area contributed by atoms with Gasteiger partial charge in [0.15, 0.2) is 6.17 Å². The lowest BCUT2D eigenvalue weighted by Gasteiger charge is -2.28. The van der Waals surface area contributed by atoms with Crippen LogP contribution in [-0.4, -0.2) is 6.09 Å². The van der Waals surface area contributed by atoms with Crippen LogP contribution in [0, 0.1) is 5.82 Å². The predicted octanol–water partition coefficient (Wildman–Crippen LogP) is 6.06. The summed E-state index contributed by atoms with van der Waals surface area (Å²) in [6.45, 7) is 0. The Morgan fingerprint density at radius 3 is 2.24 bits per heavy atom. The molecule has 4 aromatic rings. The van der Waals surface area contributed by atoms with Gasteiger partial charge in [-0.3, -0.25) is 0 Å². The van der Waals surface area contributed by atoms with Crippen LogP contribution in [0.5, 0.6) is 0 Å². The second kappa shape index (κ2) is 6.95. The predicted molar refractivity (Wildman–Crippen MR) is 111 cm³/mol. The summed E-state index contributed by atoms with van der Waals surface area (Å²) in [5.41, 5.74) is 2.22. The van der Waals surface area contributed by atoms with E-state index in [9.17, 15) is 9.18 Å². The SMILES string of the molecule is O=C1ON(c2ccccc2)[C@@H](c2ccc(F)cc2)N1c1cccc2ccccc12. The van der Waals surface area contributed by atoms with Gasteiger partial charge >= 0.3 is 6.09 Å². The fraction of sp³-hybridized carbons (Fsp3) is 0.0417. The molecule has 5 heteroatoms. The summed E-state index contributed by atoms with van der Waals surface area (Å²) in [5.74, 6) is -0.332. The lowest BCUT2D eigenvalue weighted by Crippen LogP contribution is -2.31. The van der Waals surface area contributed by atoms with Crippen LogP contribution in [-0.2, 0) is 4.84 Å². The summed E-state index contributed by atoms with van der Waals surface area (Å²) in [6.07, 6.45) is -1.06. The highest BCUT2D eigenvalue weighted by Gasteiger charge is 2.43. The van der Waals surface area contributed by atoms with Crippen LogP contribution in [0.1, 0.15) is 11.7 Å². The summed E-state index contributed by atoms with van der Waals surface area (Å²) >= 11 is 0. The van der Waals surface area contributed by atoms with Crippen LogP contribution in [0.15, 0.2) is 97.1 Å². The van der Waals surface area contributed by atoms with E-state index in [-0.39, 0.29) is 5.82 Å². The van der Waals surface area contributed by atoms with E-state index in [1.165, 1.54) is 12.1 Å². The van der Waals surface area contributed by atoms with Gasteiger partial charge in [0, 0.05) is 5.39 Å². The van der Waals surface area contributed by atoms with Crippen molar-refractivity contribution in [2.24, 2.45) is 0 Å². The molecule has 4 nitrogen and oxygen atoms in total. The van der Waals surface area contributed by atoms with Crippen molar-refractivity contribution in [2.75, 3.05) is 9.96 Å². The minimum atomic E-state index is -0.573. The van der Waals surface area contributed by atoms with Crippen LogP contribution < -0.4 is 9.96 Å². The molecule has 5 rings (SSSR count). The lowest BCUT2D eigenvalue weighted by atomic mass is 10.1. The smallest absolute Gasteiger partial charge is 0.319 e. The fourth-order valence-corrected chi connectivity index (χ4v) is 3.72. The van der Waals surface area contributed by atoms with Crippen molar-refractivity contribution in [3.63, 3.8) is 0 Å². The van der Waals surface area contributed by atoms with Crippen LogP contribution >= 0.6 is 0 Å². The number of nitrogens with zero attached hydrogens (tertiary/aromatic N) is 2. The minimum absolute atomic E-state index is 0.332. The number of fused-ring (bicyclic) bond motifs is 1. The van der Waals surface area contributed by atoms with Gasteiger partial charge in [0.05, 0.1) is 11.4 Å². The largest absolute Gasteiger partial charge is 0.441 e. The number of hydrogen-bond acceptors (Lipinski definition) is 3. The highest BCUT2D eigenvalue weighted by Crippen LogP contribution is 2.41. The zero-order chi connectivity index (χ0) is 19.8. The molecule has 0 N–H and O–H groups in total. The van der Waals surface area contributed by atoms with Gasteiger partial charge in [-0.1, -0.05) is 66.7 Å². The zero-order valence-electron chi connectivity index (χ0n) is 15.4. The number of carbonyl (C=O) groups excluding carboxylic acids is 1. The second-order valence-corrected chi connectivity index (χ2v) is 6.81. The van der Waals surface area contributed by atoms with E-state index in [0.29, 0.717) is 0 Å². The van der Waals surface area contributed by atoms with E-state index in [0.717, 1.165) is 27.7 Å². The Morgan fingerprint density at radius 1 is 0.759 bits per heavy atom. The van der Waals surface area contributed by atoms with Crippen LogP contribution in [0.4, 0.5) is 20.6 Å². The highest BCUT2D eigenvalue weighted by atomic mass is 19.1. The number of carbonyl (C=O) groups is 1. The maximum absolute atomic E-state index is 13.6. The lowest BCUT2D eigenvalue weighted by molar-refractivity contribution is 0.164. The number of amides is 1. The maximum Gasteiger partial charge on any atom is 0.441 e. The first kappa shape index (κ1) is 17.3. The van der Waals surface area contributed by atoms with Crippen molar-refractivity contribution in [3.8, 4) is 0 Å². The summed E-state index contributed by atoms with van der Waals surface area (Å²) in [6, 6.07) is 29.2. The molecule has 0 aliphatic carbocycles. The number of anilines is 2. The Labute approximate surface area is 167 Å². The minimum Gasteiger partial charge on any atom is -0.319 e. The molecule has 0 unspecified atom stereocenters. The first-order valence-corrected chi connectivity index (χ1v) is 9.31. The quantitative estimate of drug-likeness (QED) is 0.431. The second-order valence-electron chi connectivity index (χ2n) is 6.81. The monoisotopic (exact) mass is 384 g/mol.